The maximum absolute atomic E-state index is 12.4. The Morgan fingerprint density at radius 3 is 2.79 bits per heavy atom. The van der Waals surface area contributed by atoms with E-state index in [0.29, 0.717) is 25.5 Å². The summed E-state index contributed by atoms with van der Waals surface area (Å²) in [6.45, 7) is 7.60. The zero-order valence-electron chi connectivity index (χ0n) is 16.6. The highest BCUT2D eigenvalue weighted by Gasteiger charge is 2.28. The number of carbonyl (C=O) groups is 2. The van der Waals surface area contributed by atoms with E-state index in [1.165, 1.54) is 16.2 Å². The number of thiazole rings is 1. The van der Waals surface area contributed by atoms with Gasteiger partial charge in [-0.05, 0) is 33.1 Å². The number of aromatic nitrogens is 2. The van der Waals surface area contributed by atoms with Crippen molar-refractivity contribution in [1.29, 1.82) is 0 Å². The van der Waals surface area contributed by atoms with E-state index in [4.69, 9.17) is 9.72 Å². The molecule has 0 aromatic carbocycles. The van der Waals surface area contributed by atoms with E-state index in [0.717, 1.165) is 44.7 Å². The molecule has 4 rings (SSSR count). The minimum absolute atomic E-state index is 0.0457. The third-order valence-electron chi connectivity index (χ3n) is 5.86. The molecule has 8 heteroatoms. The van der Waals surface area contributed by atoms with Crippen molar-refractivity contribution in [3.63, 3.8) is 0 Å². The van der Waals surface area contributed by atoms with Gasteiger partial charge < -0.3 is 14.5 Å². The van der Waals surface area contributed by atoms with Crippen LogP contribution in [0.1, 0.15) is 48.8 Å². The van der Waals surface area contributed by atoms with Gasteiger partial charge >= 0.3 is 0 Å². The fourth-order valence-electron chi connectivity index (χ4n) is 4.29. The van der Waals surface area contributed by atoms with Gasteiger partial charge in [-0.25, -0.2) is 4.98 Å². The van der Waals surface area contributed by atoms with Crippen molar-refractivity contribution in [1.82, 2.24) is 19.2 Å². The van der Waals surface area contributed by atoms with Crippen LogP contribution in [0.15, 0.2) is 5.38 Å². The van der Waals surface area contributed by atoms with Gasteiger partial charge in [0.15, 0.2) is 0 Å². The number of hydrogen-bond acceptors (Lipinski definition) is 5. The molecule has 2 aromatic heterocycles. The highest BCUT2D eigenvalue weighted by atomic mass is 32.1. The van der Waals surface area contributed by atoms with Gasteiger partial charge in [0.25, 0.3) is 0 Å². The number of hydrogen-bond donors (Lipinski definition) is 0. The Balaban J connectivity index is 1.24. The average molecular weight is 405 g/mol. The molecule has 2 aromatic rings. The minimum atomic E-state index is 0.0457. The van der Waals surface area contributed by atoms with Crippen LogP contribution in [0.25, 0.3) is 4.83 Å². The van der Waals surface area contributed by atoms with Gasteiger partial charge in [-0.15, -0.1) is 11.3 Å². The Labute approximate surface area is 169 Å². The van der Waals surface area contributed by atoms with E-state index < -0.39 is 0 Å². The quantitative estimate of drug-likeness (QED) is 0.693. The van der Waals surface area contributed by atoms with Gasteiger partial charge in [-0.3, -0.25) is 14.0 Å². The fourth-order valence-corrected chi connectivity index (χ4v) is 5.39. The minimum Gasteiger partial charge on any atom is -0.370 e. The molecule has 152 valence electrons. The zero-order chi connectivity index (χ0) is 19.7. The molecule has 2 aliphatic rings. The van der Waals surface area contributed by atoms with Crippen LogP contribution in [0.2, 0.25) is 0 Å². The van der Waals surface area contributed by atoms with Gasteiger partial charge in [-0.1, -0.05) is 0 Å². The van der Waals surface area contributed by atoms with E-state index in [9.17, 15) is 9.59 Å². The van der Waals surface area contributed by atoms with E-state index >= 15 is 0 Å². The number of piperidine rings is 1. The second-order valence-corrected chi connectivity index (χ2v) is 8.61. The molecule has 4 heterocycles. The van der Waals surface area contributed by atoms with Gasteiger partial charge in [0.1, 0.15) is 17.3 Å². The van der Waals surface area contributed by atoms with E-state index in [1.807, 2.05) is 9.80 Å². The van der Waals surface area contributed by atoms with Gasteiger partial charge in [0, 0.05) is 49.6 Å². The number of likely N-dealkylation sites (tertiary alicyclic amines) is 2. The number of imidazole rings is 1. The van der Waals surface area contributed by atoms with Crippen LogP contribution >= 0.6 is 11.3 Å². The summed E-state index contributed by atoms with van der Waals surface area (Å²) >= 11 is 1.76. The summed E-state index contributed by atoms with van der Waals surface area (Å²) in [4.78, 5) is 33.8. The number of fused-ring (bicyclic) bond motifs is 1. The lowest BCUT2D eigenvalue weighted by Crippen LogP contribution is -2.40. The van der Waals surface area contributed by atoms with Crippen LogP contribution in [0, 0.1) is 13.8 Å². The summed E-state index contributed by atoms with van der Waals surface area (Å²) in [6.07, 6.45) is 3.45. The predicted octanol–water partition coefficient (Wildman–Crippen LogP) is 2.36. The topological polar surface area (TPSA) is 67.2 Å². The molecule has 0 saturated carbocycles. The number of aryl methyl sites for hydroxylation is 2. The number of ether oxygens (including phenoxy) is 1. The molecular formula is C20H28N4O3S. The Morgan fingerprint density at radius 2 is 2.07 bits per heavy atom. The molecule has 0 bridgehead atoms. The molecule has 28 heavy (non-hydrogen) atoms. The third-order valence-corrected chi connectivity index (χ3v) is 6.93. The molecule has 2 aliphatic heterocycles. The van der Waals surface area contributed by atoms with Gasteiger partial charge in [0.2, 0.25) is 11.8 Å². The molecule has 7 nitrogen and oxygen atoms in total. The molecule has 0 radical (unpaired) electrons. The standard InChI is InChI=1S/C20H28N4O3S/c1-14-13-28-20-19(21-15(2)24(14)20)16-5-8-23(9-6-16)18(26)12-27-11-10-22-7-3-4-17(22)25/h13,16H,3-12H2,1-2H3. The van der Waals surface area contributed by atoms with Crippen molar-refractivity contribution in [3.8, 4) is 0 Å². The summed E-state index contributed by atoms with van der Waals surface area (Å²) < 4.78 is 7.77. The highest BCUT2D eigenvalue weighted by molar-refractivity contribution is 7.15. The lowest BCUT2D eigenvalue weighted by molar-refractivity contribution is -0.137. The predicted molar refractivity (Wildman–Crippen MR) is 108 cm³/mol. The average Bonchev–Trinajstić information content (AvgIpc) is 3.37. The molecule has 2 amide bonds. The monoisotopic (exact) mass is 404 g/mol. The summed E-state index contributed by atoms with van der Waals surface area (Å²) in [6, 6.07) is 0. The normalized spacial score (nSPS) is 18.6. The lowest BCUT2D eigenvalue weighted by atomic mass is 9.94. The summed E-state index contributed by atoms with van der Waals surface area (Å²) in [5.41, 5.74) is 2.42. The van der Waals surface area contributed by atoms with Crippen molar-refractivity contribution in [3.05, 3.63) is 22.6 Å². The first-order chi connectivity index (χ1) is 13.5. The third kappa shape index (κ3) is 3.80. The van der Waals surface area contributed by atoms with Crippen molar-refractivity contribution >= 4 is 28.0 Å². The lowest BCUT2D eigenvalue weighted by Gasteiger charge is -2.31. The number of rotatable bonds is 6. The number of carbonyl (C=O) groups excluding carboxylic acids is 2. The second kappa shape index (κ2) is 8.21. The molecule has 0 atom stereocenters. The van der Waals surface area contributed by atoms with Crippen molar-refractivity contribution in [2.24, 2.45) is 0 Å². The smallest absolute Gasteiger partial charge is 0.248 e. The Bertz CT molecular complexity index is 866. The summed E-state index contributed by atoms with van der Waals surface area (Å²) in [5, 5.41) is 2.18. The van der Waals surface area contributed by atoms with Crippen molar-refractivity contribution in [2.75, 3.05) is 39.4 Å². The first-order valence-electron chi connectivity index (χ1n) is 10.1. The van der Waals surface area contributed by atoms with Crippen LogP contribution in [0.3, 0.4) is 0 Å². The van der Waals surface area contributed by atoms with Crippen LogP contribution in [-0.4, -0.2) is 70.4 Å². The molecule has 2 saturated heterocycles. The fraction of sp³-hybridized carbons (Fsp3) is 0.650. The largest absolute Gasteiger partial charge is 0.370 e. The van der Waals surface area contributed by atoms with Crippen molar-refractivity contribution < 1.29 is 14.3 Å². The SMILES string of the molecule is Cc1csc2c(C3CCN(C(=O)COCCN4CCCC4=O)CC3)nc(C)n12. The first-order valence-corrected chi connectivity index (χ1v) is 11.0. The van der Waals surface area contributed by atoms with E-state index in [-0.39, 0.29) is 18.4 Å². The van der Waals surface area contributed by atoms with Gasteiger partial charge in [-0.2, -0.15) is 0 Å². The molecule has 2 fully saturated rings. The van der Waals surface area contributed by atoms with E-state index in [2.05, 4.69) is 23.6 Å². The number of amides is 2. The molecule has 0 N–H and O–H groups in total. The van der Waals surface area contributed by atoms with Crippen LogP contribution in [-0.2, 0) is 14.3 Å². The zero-order valence-corrected chi connectivity index (χ0v) is 17.5. The maximum atomic E-state index is 12.4. The van der Waals surface area contributed by atoms with Crippen molar-refractivity contribution in [2.45, 2.75) is 45.4 Å². The summed E-state index contributed by atoms with van der Waals surface area (Å²) in [7, 11) is 0. The molecule has 0 unspecified atom stereocenters. The number of nitrogens with zero attached hydrogens (tertiary/aromatic N) is 4. The Hall–Kier alpha value is -1.93. The summed E-state index contributed by atoms with van der Waals surface area (Å²) in [5.74, 6) is 1.70. The molecular weight excluding hydrogens is 376 g/mol. The highest BCUT2D eigenvalue weighted by Crippen LogP contribution is 2.33. The first kappa shape index (κ1) is 19.4. The van der Waals surface area contributed by atoms with Crippen LogP contribution in [0.5, 0.6) is 0 Å². The maximum Gasteiger partial charge on any atom is 0.248 e. The van der Waals surface area contributed by atoms with Crippen LogP contribution < -0.4 is 0 Å². The van der Waals surface area contributed by atoms with Gasteiger partial charge in [0.05, 0.1) is 12.3 Å². The van der Waals surface area contributed by atoms with E-state index in [1.54, 1.807) is 11.3 Å². The Kier molecular flexibility index (Phi) is 5.68. The molecule has 0 aliphatic carbocycles. The molecule has 0 spiro atoms. The van der Waals surface area contributed by atoms with Crippen LogP contribution in [0.4, 0.5) is 0 Å². The Morgan fingerprint density at radius 1 is 1.29 bits per heavy atom. The second-order valence-electron chi connectivity index (χ2n) is 7.75.